The molecule has 0 aromatic heterocycles. The number of rotatable bonds is 6. The van der Waals surface area contributed by atoms with Gasteiger partial charge in [0.25, 0.3) is 5.91 Å². The second-order valence-electron chi connectivity index (χ2n) is 6.05. The lowest BCUT2D eigenvalue weighted by Gasteiger charge is -2.29. The summed E-state index contributed by atoms with van der Waals surface area (Å²) < 4.78 is 0. The van der Waals surface area contributed by atoms with Crippen LogP contribution in [0.5, 0.6) is 0 Å². The zero-order chi connectivity index (χ0) is 17.6. The Bertz CT molecular complexity index is 684. The van der Waals surface area contributed by atoms with Gasteiger partial charge in [0.05, 0.1) is 12.1 Å². The monoisotopic (exact) mass is 326 g/mol. The molecule has 0 heterocycles. The van der Waals surface area contributed by atoms with E-state index >= 15 is 0 Å². The zero-order valence-electron chi connectivity index (χ0n) is 13.8. The molecule has 0 aliphatic rings. The molecule has 0 saturated heterocycles. The van der Waals surface area contributed by atoms with Crippen LogP contribution in [0, 0.1) is 0 Å². The highest BCUT2D eigenvalue weighted by Gasteiger charge is 2.28. The minimum atomic E-state index is -1.01. The maximum absolute atomic E-state index is 12.4. The Morgan fingerprint density at radius 1 is 1.00 bits per heavy atom. The lowest BCUT2D eigenvalue weighted by Crippen LogP contribution is -2.53. The van der Waals surface area contributed by atoms with Crippen molar-refractivity contribution in [2.75, 3.05) is 6.61 Å². The Hall–Kier alpha value is -2.66. The summed E-state index contributed by atoms with van der Waals surface area (Å²) in [7, 11) is 0. The van der Waals surface area contributed by atoms with Crippen LogP contribution < -0.4 is 10.6 Å². The topological polar surface area (TPSA) is 78.4 Å². The second-order valence-corrected chi connectivity index (χ2v) is 6.05. The van der Waals surface area contributed by atoms with E-state index in [1.54, 1.807) is 30.3 Å². The first-order chi connectivity index (χ1) is 11.4. The van der Waals surface area contributed by atoms with Gasteiger partial charge < -0.3 is 15.7 Å². The fourth-order valence-electron chi connectivity index (χ4n) is 2.35. The Balaban J connectivity index is 2.05. The van der Waals surface area contributed by atoms with Crippen LogP contribution in [0.3, 0.4) is 0 Å². The molecule has 0 radical (unpaired) electrons. The van der Waals surface area contributed by atoms with Crippen molar-refractivity contribution >= 4 is 11.8 Å². The molecule has 2 aromatic carbocycles. The summed E-state index contributed by atoms with van der Waals surface area (Å²) in [5.41, 5.74) is 0.749. The number of hydrogen-bond donors (Lipinski definition) is 3. The molecule has 0 fully saturated rings. The van der Waals surface area contributed by atoms with Crippen molar-refractivity contribution in [2.24, 2.45) is 0 Å². The van der Waals surface area contributed by atoms with Crippen molar-refractivity contribution in [1.29, 1.82) is 0 Å². The van der Waals surface area contributed by atoms with Crippen LogP contribution in [-0.4, -0.2) is 29.6 Å². The maximum Gasteiger partial charge on any atom is 0.251 e. The molecule has 1 unspecified atom stereocenters. The fourth-order valence-corrected chi connectivity index (χ4v) is 2.35. The first-order valence-corrected chi connectivity index (χ1v) is 7.78. The van der Waals surface area contributed by atoms with E-state index in [2.05, 4.69) is 10.6 Å². The first-order valence-electron chi connectivity index (χ1n) is 7.78. The van der Waals surface area contributed by atoms with Gasteiger partial charge in [-0.15, -0.1) is 0 Å². The van der Waals surface area contributed by atoms with E-state index in [1.165, 1.54) is 0 Å². The molecule has 1 atom stereocenters. The SMILES string of the molecule is CC(C)(NC(=O)C(CO)NC(=O)c1ccccc1)c1ccccc1. The highest BCUT2D eigenvalue weighted by molar-refractivity contribution is 5.97. The Kier molecular flexibility index (Phi) is 5.71. The molecular weight excluding hydrogens is 304 g/mol. The molecule has 5 nitrogen and oxygen atoms in total. The molecule has 2 rings (SSSR count). The summed E-state index contributed by atoms with van der Waals surface area (Å²) in [5.74, 6) is -0.835. The number of carbonyl (C=O) groups excluding carboxylic acids is 2. The highest BCUT2D eigenvalue weighted by Crippen LogP contribution is 2.19. The van der Waals surface area contributed by atoms with E-state index < -0.39 is 30.0 Å². The first kappa shape index (κ1) is 17.7. The predicted molar refractivity (Wildman–Crippen MR) is 92.4 cm³/mol. The molecular formula is C19H22N2O3. The molecule has 0 aliphatic heterocycles. The second kappa shape index (κ2) is 7.75. The maximum atomic E-state index is 12.4. The standard InChI is InChI=1S/C19H22N2O3/c1-19(2,15-11-7-4-8-12-15)21-18(24)16(13-22)20-17(23)14-9-5-3-6-10-14/h3-12,16,22H,13H2,1-2H3,(H,20,23)(H,21,24). The summed E-state index contributed by atoms with van der Waals surface area (Å²) in [5, 5.41) is 14.9. The number of aliphatic hydroxyl groups is 1. The van der Waals surface area contributed by atoms with Gasteiger partial charge in [0, 0.05) is 5.56 Å². The summed E-state index contributed by atoms with van der Waals surface area (Å²) in [6, 6.07) is 17.1. The smallest absolute Gasteiger partial charge is 0.251 e. The van der Waals surface area contributed by atoms with Gasteiger partial charge in [-0.1, -0.05) is 48.5 Å². The lowest BCUT2D eigenvalue weighted by atomic mass is 9.94. The summed E-state index contributed by atoms with van der Waals surface area (Å²) in [6.45, 7) is 3.26. The molecule has 24 heavy (non-hydrogen) atoms. The average molecular weight is 326 g/mol. The van der Waals surface area contributed by atoms with Gasteiger partial charge in [0.2, 0.25) is 5.91 Å². The van der Waals surface area contributed by atoms with Crippen LogP contribution in [0.4, 0.5) is 0 Å². The third-order valence-electron chi connectivity index (χ3n) is 3.77. The molecule has 0 saturated carbocycles. The normalized spacial score (nSPS) is 12.3. The molecule has 0 bridgehead atoms. The fraction of sp³-hybridized carbons (Fsp3) is 0.263. The third kappa shape index (κ3) is 4.43. The van der Waals surface area contributed by atoms with Gasteiger partial charge in [-0.25, -0.2) is 0 Å². The number of amides is 2. The highest BCUT2D eigenvalue weighted by atomic mass is 16.3. The minimum absolute atomic E-state index is 0.401. The van der Waals surface area contributed by atoms with Gasteiger partial charge >= 0.3 is 0 Å². The molecule has 5 heteroatoms. The van der Waals surface area contributed by atoms with E-state index in [0.29, 0.717) is 5.56 Å². The predicted octanol–water partition coefficient (Wildman–Crippen LogP) is 1.83. The zero-order valence-corrected chi connectivity index (χ0v) is 13.8. The van der Waals surface area contributed by atoms with Crippen LogP contribution in [0.15, 0.2) is 60.7 Å². The molecule has 0 spiro atoms. The van der Waals surface area contributed by atoms with Crippen molar-refractivity contribution in [2.45, 2.75) is 25.4 Å². The van der Waals surface area contributed by atoms with Crippen molar-refractivity contribution in [3.8, 4) is 0 Å². The Morgan fingerprint density at radius 2 is 1.54 bits per heavy atom. The molecule has 2 amide bonds. The van der Waals surface area contributed by atoms with Crippen LogP contribution in [0.2, 0.25) is 0 Å². The van der Waals surface area contributed by atoms with Gasteiger partial charge in [-0.3, -0.25) is 9.59 Å². The number of nitrogens with one attached hydrogen (secondary N) is 2. The van der Waals surface area contributed by atoms with Crippen LogP contribution in [0.25, 0.3) is 0 Å². The number of benzene rings is 2. The van der Waals surface area contributed by atoms with Gasteiger partial charge in [0.1, 0.15) is 6.04 Å². The average Bonchev–Trinajstić information content (AvgIpc) is 2.60. The van der Waals surface area contributed by atoms with E-state index in [4.69, 9.17) is 0 Å². The summed E-state index contributed by atoms with van der Waals surface area (Å²) in [6.07, 6.45) is 0. The number of hydrogen-bond acceptors (Lipinski definition) is 3. The quantitative estimate of drug-likeness (QED) is 0.758. The van der Waals surface area contributed by atoms with Gasteiger partial charge in [-0.2, -0.15) is 0 Å². The molecule has 0 aliphatic carbocycles. The largest absolute Gasteiger partial charge is 0.394 e. The molecule has 2 aromatic rings. The van der Waals surface area contributed by atoms with Crippen LogP contribution in [-0.2, 0) is 10.3 Å². The van der Waals surface area contributed by atoms with E-state index in [1.807, 2.05) is 44.2 Å². The van der Waals surface area contributed by atoms with E-state index in [9.17, 15) is 14.7 Å². The lowest BCUT2D eigenvalue weighted by molar-refractivity contribution is -0.125. The van der Waals surface area contributed by atoms with Crippen molar-refractivity contribution < 1.29 is 14.7 Å². The Morgan fingerprint density at radius 3 is 2.08 bits per heavy atom. The van der Waals surface area contributed by atoms with Crippen LogP contribution >= 0.6 is 0 Å². The molecule has 126 valence electrons. The van der Waals surface area contributed by atoms with Crippen molar-refractivity contribution in [3.05, 3.63) is 71.8 Å². The third-order valence-corrected chi connectivity index (χ3v) is 3.77. The van der Waals surface area contributed by atoms with E-state index in [0.717, 1.165) is 5.56 Å². The summed E-state index contributed by atoms with van der Waals surface area (Å²) in [4.78, 5) is 24.6. The van der Waals surface area contributed by atoms with Crippen LogP contribution in [0.1, 0.15) is 29.8 Å². The van der Waals surface area contributed by atoms with E-state index in [-0.39, 0.29) is 0 Å². The summed E-state index contributed by atoms with van der Waals surface area (Å²) >= 11 is 0. The number of carbonyl (C=O) groups is 2. The number of aliphatic hydroxyl groups excluding tert-OH is 1. The molecule has 3 N–H and O–H groups in total. The van der Waals surface area contributed by atoms with Crippen molar-refractivity contribution in [3.63, 3.8) is 0 Å². The van der Waals surface area contributed by atoms with Gasteiger partial charge in [-0.05, 0) is 31.5 Å². The van der Waals surface area contributed by atoms with Gasteiger partial charge in [0.15, 0.2) is 0 Å². The Labute approximate surface area is 141 Å². The van der Waals surface area contributed by atoms with Crippen molar-refractivity contribution in [1.82, 2.24) is 10.6 Å². The minimum Gasteiger partial charge on any atom is -0.394 e.